The Kier molecular flexibility index (Phi) is 3.06. The van der Waals surface area contributed by atoms with Crippen molar-refractivity contribution in [1.29, 1.82) is 0 Å². The first kappa shape index (κ1) is 12.5. The van der Waals surface area contributed by atoms with E-state index in [0.29, 0.717) is 16.9 Å². The number of hydrogen-bond donors (Lipinski definition) is 1. The number of nitrogens with zero attached hydrogens (tertiary/aromatic N) is 4. The van der Waals surface area contributed by atoms with Crippen molar-refractivity contribution in [1.82, 2.24) is 24.7 Å². The monoisotopic (exact) mass is 269 g/mol. The van der Waals surface area contributed by atoms with Gasteiger partial charge >= 0.3 is 0 Å². The zero-order chi connectivity index (χ0) is 14.1. The third-order valence-electron chi connectivity index (χ3n) is 3.18. The Morgan fingerprint density at radius 1 is 1.40 bits per heavy atom. The fraction of sp³-hybridized carbons (Fsp3) is 0.286. The van der Waals surface area contributed by atoms with Crippen LogP contribution in [-0.4, -0.2) is 24.7 Å². The van der Waals surface area contributed by atoms with Gasteiger partial charge in [0.1, 0.15) is 11.3 Å². The Morgan fingerprint density at radius 2 is 2.25 bits per heavy atom. The fourth-order valence-corrected chi connectivity index (χ4v) is 2.29. The minimum absolute atomic E-state index is 0.175. The Morgan fingerprint density at radius 3 is 2.95 bits per heavy atom. The van der Waals surface area contributed by atoms with Gasteiger partial charge in [-0.05, 0) is 18.6 Å². The Bertz CT molecular complexity index is 804. The van der Waals surface area contributed by atoms with E-state index in [-0.39, 0.29) is 5.56 Å². The van der Waals surface area contributed by atoms with Gasteiger partial charge in [0.2, 0.25) is 0 Å². The number of nitrogens with one attached hydrogen (secondary N) is 1. The summed E-state index contributed by atoms with van der Waals surface area (Å²) in [4.78, 5) is 23.6. The van der Waals surface area contributed by atoms with Crippen molar-refractivity contribution in [2.45, 2.75) is 19.8 Å². The van der Waals surface area contributed by atoms with Crippen LogP contribution in [0.25, 0.3) is 22.4 Å². The lowest BCUT2D eigenvalue weighted by Gasteiger charge is -2.01. The van der Waals surface area contributed by atoms with E-state index in [4.69, 9.17) is 0 Å². The minimum atomic E-state index is -0.175. The molecule has 0 amide bonds. The normalized spacial score (nSPS) is 11.1. The van der Waals surface area contributed by atoms with Gasteiger partial charge in [0, 0.05) is 25.0 Å². The highest BCUT2D eigenvalue weighted by atomic mass is 16.1. The first-order valence-corrected chi connectivity index (χ1v) is 6.57. The molecule has 20 heavy (non-hydrogen) atoms. The van der Waals surface area contributed by atoms with E-state index < -0.39 is 0 Å². The van der Waals surface area contributed by atoms with Crippen LogP contribution in [0.15, 0.2) is 29.3 Å². The summed E-state index contributed by atoms with van der Waals surface area (Å²) >= 11 is 0. The van der Waals surface area contributed by atoms with Crippen molar-refractivity contribution in [2.75, 3.05) is 0 Å². The first-order chi connectivity index (χ1) is 9.70. The van der Waals surface area contributed by atoms with E-state index >= 15 is 0 Å². The molecule has 3 rings (SSSR count). The van der Waals surface area contributed by atoms with Gasteiger partial charge in [-0.2, -0.15) is 5.10 Å². The lowest BCUT2D eigenvalue weighted by Crippen LogP contribution is -2.12. The van der Waals surface area contributed by atoms with Crippen LogP contribution in [0.5, 0.6) is 0 Å². The minimum Gasteiger partial charge on any atom is -0.305 e. The molecule has 0 unspecified atom stereocenters. The number of H-pyrrole nitrogens is 1. The molecule has 0 saturated carbocycles. The lowest BCUT2D eigenvalue weighted by molar-refractivity contribution is 0.751. The molecule has 0 aliphatic heterocycles. The maximum absolute atomic E-state index is 12.2. The standard InChI is InChI=1S/C14H15N5O/c1-3-5-10-11-12(19(2)18-10)14(20)17-13(16-11)9-6-4-7-15-8-9/h4,6-8H,3,5H2,1-2H3,(H,16,17,20). The molecule has 0 aliphatic rings. The second kappa shape index (κ2) is 4.88. The molecule has 0 aromatic carbocycles. The van der Waals surface area contributed by atoms with Crippen LogP contribution in [0.4, 0.5) is 0 Å². The first-order valence-electron chi connectivity index (χ1n) is 6.57. The zero-order valence-corrected chi connectivity index (χ0v) is 11.4. The van der Waals surface area contributed by atoms with Crippen molar-refractivity contribution in [3.63, 3.8) is 0 Å². The maximum Gasteiger partial charge on any atom is 0.277 e. The fourth-order valence-electron chi connectivity index (χ4n) is 2.29. The summed E-state index contributed by atoms with van der Waals surface area (Å²) in [6.07, 6.45) is 5.13. The molecule has 102 valence electrons. The maximum atomic E-state index is 12.2. The molecule has 0 bridgehead atoms. The third kappa shape index (κ3) is 1.99. The molecule has 3 heterocycles. The molecule has 3 aromatic rings. The highest BCUT2D eigenvalue weighted by Gasteiger charge is 2.14. The average molecular weight is 269 g/mol. The summed E-state index contributed by atoms with van der Waals surface area (Å²) in [5.74, 6) is 0.529. The van der Waals surface area contributed by atoms with E-state index in [1.807, 2.05) is 12.1 Å². The van der Waals surface area contributed by atoms with Crippen LogP contribution in [0.3, 0.4) is 0 Å². The second-order valence-electron chi connectivity index (χ2n) is 4.67. The number of aromatic amines is 1. The molecule has 3 aromatic heterocycles. The SMILES string of the molecule is CCCc1nn(C)c2c(=O)[nH]c(-c3cccnc3)nc12. The van der Waals surface area contributed by atoms with Gasteiger partial charge in [-0.25, -0.2) is 4.98 Å². The lowest BCUT2D eigenvalue weighted by atomic mass is 10.2. The van der Waals surface area contributed by atoms with Crippen LogP contribution in [0.2, 0.25) is 0 Å². The van der Waals surface area contributed by atoms with E-state index in [9.17, 15) is 4.79 Å². The number of rotatable bonds is 3. The van der Waals surface area contributed by atoms with E-state index in [1.165, 1.54) is 0 Å². The molecule has 0 radical (unpaired) electrons. The van der Waals surface area contributed by atoms with Crippen molar-refractivity contribution in [3.05, 3.63) is 40.6 Å². The van der Waals surface area contributed by atoms with Gasteiger partial charge in [-0.1, -0.05) is 13.3 Å². The summed E-state index contributed by atoms with van der Waals surface area (Å²) in [5.41, 5.74) is 2.67. The molecule has 0 fully saturated rings. The highest BCUT2D eigenvalue weighted by Crippen LogP contribution is 2.18. The van der Waals surface area contributed by atoms with Crippen molar-refractivity contribution < 1.29 is 0 Å². The van der Waals surface area contributed by atoms with Crippen LogP contribution in [0.1, 0.15) is 19.0 Å². The van der Waals surface area contributed by atoms with Crippen molar-refractivity contribution in [2.24, 2.45) is 7.05 Å². The van der Waals surface area contributed by atoms with E-state index in [1.54, 1.807) is 24.1 Å². The molecular formula is C14H15N5O. The number of fused-ring (bicyclic) bond motifs is 1. The highest BCUT2D eigenvalue weighted by molar-refractivity contribution is 5.78. The summed E-state index contributed by atoms with van der Waals surface area (Å²) in [6, 6.07) is 3.68. The van der Waals surface area contributed by atoms with Gasteiger partial charge < -0.3 is 4.98 Å². The van der Waals surface area contributed by atoms with Crippen LogP contribution >= 0.6 is 0 Å². The van der Waals surface area contributed by atoms with E-state index in [2.05, 4.69) is 27.0 Å². The van der Waals surface area contributed by atoms with Gasteiger partial charge in [0.25, 0.3) is 5.56 Å². The second-order valence-corrected chi connectivity index (χ2v) is 4.67. The molecule has 1 N–H and O–H groups in total. The van der Waals surface area contributed by atoms with Crippen molar-refractivity contribution >= 4 is 11.0 Å². The molecular weight excluding hydrogens is 254 g/mol. The number of pyridine rings is 1. The number of hydrogen-bond acceptors (Lipinski definition) is 4. The van der Waals surface area contributed by atoms with Gasteiger partial charge in [0.05, 0.1) is 5.69 Å². The van der Waals surface area contributed by atoms with E-state index in [0.717, 1.165) is 24.1 Å². The molecule has 0 atom stereocenters. The zero-order valence-electron chi connectivity index (χ0n) is 11.4. The number of aryl methyl sites for hydroxylation is 2. The molecule has 6 heteroatoms. The predicted octanol–water partition coefficient (Wildman–Crippen LogP) is 1.67. The molecule has 6 nitrogen and oxygen atoms in total. The van der Waals surface area contributed by atoms with Crippen LogP contribution in [-0.2, 0) is 13.5 Å². The van der Waals surface area contributed by atoms with Gasteiger partial charge in [-0.15, -0.1) is 0 Å². The van der Waals surface area contributed by atoms with Crippen LogP contribution in [0, 0.1) is 0 Å². The van der Waals surface area contributed by atoms with Gasteiger partial charge in [-0.3, -0.25) is 14.5 Å². The topological polar surface area (TPSA) is 76.5 Å². The average Bonchev–Trinajstić information content (AvgIpc) is 2.77. The number of aromatic nitrogens is 5. The Balaban J connectivity index is 2.27. The predicted molar refractivity (Wildman–Crippen MR) is 76.4 cm³/mol. The largest absolute Gasteiger partial charge is 0.305 e. The smallest absolute Gasteiger partial charge is 0.277 e. The molecule has 0 spiro atoms. The summed E-state index contributed by atoms with van der Waals surface area (Å²) in [5, 5.41) is 4.39. The summed E-state index contributed by atoms with van der Waals surface area (Å²) in [7, 11) is 1.77. The third-order valence-corrected chi connectivity index (χ3v) is 3.18. The summed E-state index contributed by atoms with van der Waals surface area (Å²) in [6.45, 7) is 2.08. The van der Waals surface area contributed by atoms with Gasteiger partial charge in [0.15, 0.2) is 5.52 Å². The van der Waals surface area contributed by atoms with Crippen LogP contribution < -0.4 is 5.56 Å². The Labute approximate surface area is 115 Å². The quantitative estimate of drug-likeness (QED) is 0.784. The summed E-state index contributed by atoms with van der Waals surface area (Å²) < 4.78 is 1.60. The molecule has 0 aliphatic carbocycles. The van der Waals surface area contributed by atoms with Crippen molar-refractivity contribution in [3.8, 4) is 11.4 Å². The Hall–Kier alpha value is -2.50. The molecule has 0 saturated heterocycles.